The van der Waals surface area contributed by atoms with Crippen LogP contribution in [-0.4, -0.2) is 33.9 Å². The third kappa shape index (κ3) is 4.68. The van der Waals surface area contributed by atoms with Crippen LogP contribution in [0, 0.1) is 6.92 Å². The molecule has 34 heavy (non-hydrogen) atoms. The Kier molecular flexibility index (Phi) is 7.09. The Balaban J connectivity index is 1.43. The van der Waals surface area contributed by atoms with E-state index in [4.69, 9.17) is 9.72 Å². The number of benzene rings is 1. The van der Waals surface area contributed by atoms with Crippen LogP contribution in [0.4, 0.5) is 5.69 Å². The number of nitrogens with one attached hydrogen (secondary N) is 1. The average Bonchev–Trinajstić information content (AvgIpc) is 3.48. The molecule has 2 aliphatic rings. The third-order valence-electron chi connectivity index (χ3n) is 6.79. The lowest BCUT2D eigenvalue weighted by atomic mass is 9.97. The molecule has 5 rings (SSSR count). The van der Waals surface area contributed by atoms with Gasteiger partial charge in [-0.05, 0) is 68.6 Å². The van der Waals surface area contributed by atoms with Crippen molar-refractivity contribution in [3.63, 3.8) is 0 Å². The SMILES string of the molecule is CCc1cccc(C)c1NC(=O)CSc1nc2sc3c(c2c(=O)n1CC1CCCO1)CCCC3. The number of amides is 1. The Labute approximate surface area is 208 Å². The van der Waals surface area contributed by atoms with Gasteiger partial charge in [-0.2, -0.15) is 0 Å². The number of ether oxygens (including phenoxy) is 1. The number of hydrogen-bond donors (Lipinski definition) is 1. The highest BCUT2D eigenvalue weighted by molar-refractivity contribution is 7.99. The second-order valence-electron chi connectivity index (χ2n) is 9.14. The maximum Gasteiger partial charge on any atom is 0.263 e. The molecule has 1 fully saturated rings. The van der Waals surface area contributed by atoms with Gasteiger partial charge >= 0.3 is 0 Å². The highest BCUT2D eigenvalue weighted by Crippen LogP contribution is 2.35. The van der Waals surface area contributed by atoms with Gasteiger partial charge in [0.15, 0.2) is 5.16 Å². The topological polar surface area (TPSA) is 73.2 Å². The van der Waals surface area contributed by atoms with Crippen molar-refractivity contribution in [3.8, 4) is 0 Å². The lowest BCUT2D eigenvalue weighted by Crippen LogP contribution is -2.29. The molecule has 8 heteroatoms. The monoisotopic (exact) mass is 497 g/mol. The zero-order chi connectivity index (χ0) is 23.7. The second-order valence-corrected chi connectivity index (χ2v) is 11.2. The molecule has 180 valence electrons. The summed E-state index contributed by atoms with van der Waals surface area (Å²) in [5.41, 5.74) is 4.29. The van der Waals surface area contributed by atoms with Crippen molar-refractivity contribution >= 4 is 44.9 Å². The Hall–Kier alpha value is -2.16. The number of thiophene rings is 1. The fourth-order valence-electron chi connectivity index (χ4n) is 4.99. The molecule has 1 N–H and O–H groups in total. The van der Waals surface area contributed by atoms with E-state index < -0.39 is 0 Å². The summed E-state index contributed by atoms with van der Waals surface area (Å²) in [7, 11) is 0. The normalized spacial score (nSPS) is 17.8. The molecule has 3 aromatic rings. The fraction of sp³-hybridized carbons (Fsp3) is 0.500. The quantitative estimate of drug-likeness (QED) is 0.362. The predicted molar refractivity (Wildman–Crippen MR) is 139 cm³/mol. The van der Waals surface area contributed by atoms with Gasteiger partial charge < -0.3 is 10.1 Å². The Morgan fingerprint density at radius 2 is 2.15 bits per heavy atom. The molecule has 1 atom stereocenters. The minimum Gasteiger partial charge on any atom is -0.376 e. The molecule has 1 aliphatic heterocycles. The van der Waals surface area contributed by atoms with Gasteiger partial charge in [-0.1, -0.05) is 36.9 Å². The summed E-state index contributed by atoms with van der Waals surface area (Å²) in [5.74, 6) is 0.115. The fourth-order valence-corrected chi connectivity index (χ4v) is 7.10. The maximum atomic E-state index is 13.7. The Morgan fingerprint density at radius 3 is 2.94 bits per heavy atom. The molecule has 2 aromatic heterocycles. The lowest BCUT2D eigenvalue weighted by Gasteiger charge is -2.17. The zero-order valence-corrected chi connectivity index (χ0v) is 21.4. The standard InChI is InChI=1S/C26H31N3O3S2/c1-3-17-9-6-8-16(2)23(17)27-21(30)15-33-26-28-24-22(19-11-4-5-12-20(19)34-24)25(31)29(26)14-18-10-7-13-32-18/h6,8-9,18H,3-5,7,10-15H2,1-2H3,(H,27,30). The van der Waals surface area contributed by atoms with E-state index in [1.165, 1.54) is 28.6 Å². The lowest BCUT2D eigenvalue weighted by molar-refractivity contribution is -0.113. The van der Waals surface area contributed by atoms with Crippen LogP contribution in [0.3, 0.4) is 0 Å². The number of rotatable bonds is 7. The third-order valence-corrected chi connectivity index (χ3v) is 8.95. The number of fused-ring (bicyclic) bond motifs is 3. The summed E-state index contributed by atoms with van der Waals surface area (Å²) < 4.78 is 7.61. The summed E-state index contributed by atoms with van der Waals surface area (Å²) in [6.45, 7) is 5.33. The smallest absolute Gasteiger partial charge is 0.263 e. The van der Waals surface area contributed by atoms with E-state index in [1.54, 1.807) is 15.9 Å². The van der Waals surface area contributed by atoms with Gasteiger partial charge in [-0.25, -0.2) is 4.98 Å². The number of hydrogen-bond acceptors (Lipinski definition) is 6. The molecule has 1 saturated heterocycles. The molecule has 0 spiro atoms. The number of thioether (sulfide) groups is 1. The summed E-state index contributed by atoms with van der Waals surface area (Å²) in [4.78, 5) is 33.6. The van der Waals surface area contributed by atoms with Crippen LogP contribution in [0.2, 0.25) is 0 Å². The van der Waals surface area contributed by atoms with Crippen LogP contribution in [0.1, 0.15) is 54.2 Å². The summed E-state index contributed by atoms with van der Waals surface area (Å²) in [6.07, 6.45) is 7.13. The van der Waals surface area contributed by atoms with Crippen LogP contribution in [0.25, 0.3) is 10.2 Å². The first kappa shape index (κ1) is 23.6. The van der Waals surface area contributed by atoms with E-state index in [0.717, 1.165) is 72.2 Å². The first-order valence-electron chi connectivity index (χ1n) is 12.2. The first-order chi connectivity index (χ1) is 16.5. The maximum absolute atomic E-state index is 13.7. The van der Waals surface area contributed by atoms with E-state index in [2.05, 4.69) is 12.2 Å². The minimum atomic E-state index is -0.0857. The molecule has 0 saturated carbocycles. The zero-order valence-electron chi connectivity index (χ0n) is 19.8. The van der Waals surface area contributed by atoms with Gasteiger partial charge in [0, 0.05) is 17.2 Å². The highest BCUT2D eigenvalue weighted by atomic mass is 32.2. The summed E-state index contributed by atoms with van der Waals surface area (Å²) in [5, 5.41) is 4.49. The van der Waals surface area contributed by atoms with Crippen molar-refractivity contribution < 1.29 is 9.53 Å². The van der Waals surface area contributed by atoms with Gasteiger partial charge in [0.2, 0.25) is 5.91 Å². The molecular formula is C26H31N3O3S2. The molecule has 1 aromatic carbocycles. The number of carbonyl (C=O) groups is 1. The van der Waals surface area contributed by atoms with Crippen LogP contribution < -0.4 is 10.9 Å². The number of anilines is 1. The minimum absolute atomic E-state index is 0.0231. The first-order valence-corrected chi connectivity index (χ1v) is 14.0. The number of aryl methyl sites for hydroxylation is 4. The van der Waals surface area contributed by atoms with Crippen LogP contribution in [0.15, 0.2) is 28.2 Å². The molecule has 1 unspecified atom stereocenters. The largest absolute Gasteiger partial charge is 0.376 e. The van der Waals surface area contributed by atoms with E-state index in [9.17, 15) is 9.59 Å². The second kappa shape index (κ2) is 10.2. The van der Waals surface area contributed by atoms with Crippen LogP contribution in [0.5, 0.6) is 0 Å². The van der Waals surface area contributed by atoms with E-state index in [-0.39, 0.29) is 23.3 Å². The van der Waals surface area contributed by atoms with Gasteiger partial charge in [0.1, 0.15) is 4.83 Å². The van der Waals surface area contributed by atoms with Crippen molar-refractivity contribution in [2.75, 3.05) is 17.7 Å². The van der Waals surface area contributed by atoms with Gasteiger partial charge in [-0.15, -0.1) is 11.3 Å². The van der Waals surface area contributed by atoms with Crippen molar-refractivity contribution in [3.05, 3.63) is 50.1 Å². The molecular weight excluding hydrogens is 466 g/mol. The molecule has 0 radical (unpaired) electrons. The van der Waals surface area contributed by atoms with Gasteiger partial charge in [0.05, 0.1) is 23.8 Å². The predicted octanol–water partition coefficient (Wildman–Crippen LogP) is 5.12. The molecule has 1 aliphatic carbocycles. The molecule has 1 amide bonds. The summed E-state index contributed by atoms with van der Waals surface area (Å²) in [6, 6.07) is 6.07. The van der Waals surface area contributed by atoms with Crippen molar-refractivity contribution in [2.45, 2.75) is 76.6 Å². The number of para-hydroxylation sites is 1. The number of aromatic nitrogens is 2. The Morgan fingerprint density at radius 1 is 1.29 bits per heavy atom. The number of carbonyl (C=O) groups excluding carboxylic acids is 1. The van der Waals surface area contributed by atoms with Crippen molar-refractivity contribution in [1.29, 1.82) is 0 Å². The van der Waals surface area contributed by atoms with E-state index in [1.807, 2.05) is 25.1 Å². The van der Waals surface area contributed by atoms with Gasteiger partial charge in [-0.3, -0.25) is 14.2 Å². The van der Waals surface area contributed by atoms with Gasteiger partial charge in [0.25, 0.3) is 5.56 Å². The molecule has 0 bridgehead atoms. The molecule has 3 heterocycles. The highest BCUT2D eigenvalue weighted by Gasteiger charge is 2.25. The van der Waals surface area contributed by atoms with Crippen LogP contribution >= 0.6 is 23.1 Å². The Bertz CT molecular complexity index is 1270. The van der Waals surface area contributed by atoms with E-state index >= 15 is 0 Å². The molecule has 6 nitrogen and oxygen atoms in total. The van der Waals surface area contributed by atoms with Crippen molar-refractivity contribution in [2.24, 2.45) is 0 Å². The van der Waals surface area contributed by atoms with E-state index in [0.29, 0.717) is 11.7 Å². The summed E-state index contributed by atoms with van der Waals surface area (Å²) >= 11 is 3.00. The van der Waals surface area contributed by atoms with Crippen molar-refractivity contribution in [1.82, 2.24) is 9.55 Å². The van der Waals surface area contributed by atoms with Crippen LogP contribution in [-0.2, 0) is 35.3 Å². The average molecular weight is 498 g/mol. The number of nitrogens with zero attached hydrogens (tertiary/aromatic N) is 2.